The molecule has 0 N–H and O–H groups in total. The van der Waals surface area contributed by atoms with Gasteiger partial charge in [-0.15, -0.1) is 0 Å². The van der Waals surface area contributed by atoms with Crippen LogP contribution in [0.4, 0.5) is 5.82 Å². The van der Waals surface area contributed by atoms with Crippen LogP contribution in [0, 0.1) is 0 Å². The second-order valence-electron chi connectivity index (χ2n) is 7.84. The first-order valence-electron chi connectivity index (χ1n) is 10.8. The molecule has 172 valence electrons. The molecule has 7 heteroatoms. The van der Waals surface area contributed by atoms with E-state index in [0.29, 0.717) is 25.2 Å². The maximum Gasteiger partial charge on any atom is 0.255 e. The number of hydrogen-bond acceptors (Lipinski definition) is 5. The number of carbonyl (C=O) groups is 2. The van der Waals surface area contributed by atoms with Crippen LogP contribution in [0.5, 0.6) is 5.75 Å². The van der Waals surface area contributed by atoms with Crippen molar-refractivity contribution in [2.75, 3.05) is 45.7 Å². The highest BCUT2D eigenvalue weighted by atomic mass is 16.5. The molecule has 0 radical (unpaired) electrons. The Bertz CT molecular complexity index is 1020. The number of methoxy groups -OCH3 is 1. The van der Waals surface area contributed by atoms with Gasteiger partial charge in [-0.3, -0.25) is 9.59 Å². The Morgan fingerprint density at radius 2 is 1.64 bits per heavy atom. The van der Waals surface area contributed by atoms with Crippen LogP contribution in [0.2, 0.25) is 0 Å². The zero-order chi connectivity index (χ0) is 23.6. The van der Waals surface area contributed by atoms with E-state index in [1.165, 1.54) is 0 Å². The molecule has 0 bridgehead atoms. The summed E-state index contributed by atoms with van der Waals surface area (Å²) in [5, 5.41) is 0. The minimum Gasteiger partial charge on any atom is -0.497 e. The summed E-state index contributed by atoms with van der Waals surface area (Å²) < 4.78 is 4.91. The second-order valence-corrected chi connectivity index (χ2v) is 7.84. The van der Waals surface area contributed by atoms with E-state index in [2.05, 4.69) is 4.98 Å². The van der Waals surface area contributed by atoms with Gasteiger partial charge in [0, 0.05) is 39.9 Å². The number of benzene rings is 2. The maximum absolute atomic E-state index is 12.6. The lowest BCUT2D eigenvalue weighted by molar-refractivity contribution is -0.135. The molecule has 1 aliphatic rings. The van der Waals surface area contributed by atoms with Gasteiger partial charge in [0.05, 0.1) is 12.7 Å². The number of aromatic nitrogens is 1. The Morgan fingerprint density at radius 1 is 0.970 bits per heavy atom. The predicted octanol–water partition coefficient (Wildman–Crippen LogP) is 3.33. The van der Waals surface area contributed by atoms with E-state index < -0.39 is 0 Å². The number of para-hydroxylation sites is 1. The first kappa shape index (κ1) is 23.8. The Labute approximate surface area is 195 Å². The van der Waals surface area contributed by atoms with Crippen LogP contribution in [0.1, 0.15) is 15.9 Å². The molecule has 4 rings (SSSR count). The molecule has 0 spiro atoms. The molecule has 0 aliphatic carbocycles. The Hall–Kier alpha value is -3.87. The first-order chi connectivity index (χ1) is 16.0. The van der Waals surface area contributed by atoms with Crippen molar-refractivity contribution in [3.63, 3.8) is 0 Å². The molecule has 2 amide bonds. The summed E-state index contributed by atoms with van der Waals surface area (Å²) in [5.74, 6) is 1.53. The van der Waals surface area contributed by atoms with E-state index in [9.17, 15) is 9.59 Å². The van der Waals surface area contributed by atoms with Crippen LogP contribution in [-0.2, 0) is 11.3 Å². The van der Waals surface area contributed by atoms with Gasteiger partial charge in [-0.05, 0) is 29.8 Å². The third-order valence-electron chi connectivity index (χ3n) is 5.25. The molecule has 3 aromatic rings. The lowest BCUT2D eigenvalue weighted by atomic mass is 10.1. The summed E-state index contributed by atoms with van der Waals surface area (Å²) in [4.78, 5) is 34.5. The molecule has 1 aromatic heterocycles. The van der Waals surface area contributed by atoms with Crippen LogP contribution >= 0.6 is 0 Å². The number of carbonyl (C=O) groups excluding carboxylic acids is 2. The Morgan fingerprint density at radius 3 is 2.15 bits per heavy atom. The smallest absolute Gasteiger partial charge is 0.255 e. The number of pyridine rings is 1. The van der Waals surface area contributed by atoms with Gasteiger partial charge in [0.25, 0.3) is 5.91 Å². The van der Waals surface area contributed by atoms with Crippen molar-refractivity contribution >= 4 is 17.6 Å². The van der Waals surface area contributed by atoms with E-state index in [1.54, 1.807) is 35.2 Å². The number of hydrogen-bond donors (Lipinski definition) is 0. The molecule has 2 heterocycles. The summed E-state index contributed by atoms with van der Waals surface area (Å²) in [5.41, 5.74) is 1.61. The average Bonchev–Trinajstić information content (AvgIpc) is 2.86. The molecule has 0 unspecified atom stereocenters. The molecule has 0 saturated carbocycles. The largest absolute Gasteiger partial charge is 0.497 e. The molecule has 1 saturated heterocycles. The zero-order valence-electron chi connectivity index (χ0n) is 19.3. The van der Waals surface area contributed by atoms with Gasteiger partial charge in [0.15, 0.2) is 0 Å². The monoisotopic (exact) mass is 446 g/mol. The van der Waals surface area contributed by atoms with Crippen molar-refractivity contribution in [3.05, 3.63) is 90.1 Å². The van der Waals surface area contributed by atoms with E-state index in [1.807, 2.05) is 79.7 Å². The van der Waals surface area contributed by atoms with Gasteiger partial charge in [-0.1, -0.05) is 48.5 Å². The summed E-state index contributed by atoms with van der Waals surface area (Å²) in [6.07, 6.45) is 1.57. The Kier molecular flexibility index (Phi) is 8.41. The van der Waals surface area contributed by atoms with Crippen molar-refractivity contribution < 1.29 is 14.3 Å². The van der Waals surface area contributed by atoms with Gasteiger partial charge in [-0.2, -0.15) is 0 Å². The van der Waals surface area contributed by atoms with Crippen LogP contribution in [0.3, 0.4) is 0 Å². The summed E-state index contributed by atoms with van der Waals surface area (Å²) in [6, 6.07) is 23.1. The fourth-order valence-corrected chi connectivity index (χ4v) is 3.37. The minimum atomic E-state index is -0.148. The summed E-state index contributed by atoms with van der Waals surface area (Å²) in [7, 11) is 5.46. The molecule has 1 aliphatic heterocycles. The highest BCUT2D eigenvalue weighted by Crippen LogP contribution is 2.14. The fraction of sp³-hybridized carbons (Fsp3) is 0.269. The van der Waals surface area contributed by atoms with Crippen LogP contribution in [-0.4, -0.2) is 67.4 Å². The molecule has 0 atom stereocenters. The van der Waals surface area contributed by atoms with Gasteiger partial charge in [0.1, 0.15) is 18.1 Å². The van der Waals surface area contributed by atoms with Crippen molar-refractivity contribution in [1.29, 1.82) is 0 Å². The van der Waals surface area contributed by atoms with Crippen LogP contribution < -0.4 is 9.64 Å². The SMILES string of the molecule is CN(C)c1ccc(C(=O)N2CCN(Cc3ccccc3)C(=O)C2)cn1.COc1ccccc1. The Balaban J connectivity index is 0.000000323. The van der Waals surface area contributed by atoms with E-state index in [0.717, 1.165) is 17.1 Å². The standard InChI is InChI=1S/C19H22N4O2.C7H8O/c1-21(2)17-9-8-16(12-20-17)19(25)23-11-10-22(18(24)14-23)13-15-6-4-3-5-7-15;1-8-7-5-3-2-4-6-7/h3-9,12H,10-11,13-14H2,1-2H3;2-6H,1H3. The lowest BCUT2D eigenvalue weighted by Crippen LogP contribution is -2.51. The van der Waals surface area contributed by atoms with Crippen molar-refractivity contribution in [3.8, 4) is 5.75 Å². The highest BCUT2D eigenvalue weighted by Gasteiger charge is 2.27. The quantitative estimate of drug-likeness (QED) is 0.602. The number of rotatable bonds is 5. The summed E-state index contributed by atoms with van der Waals surface area (Å²) in [6.45, 7) is 1.78. The molecule has 1 fully saturated rings. The number of piperazine rings is 1. The number of ether oxygens (including phenoxy) is 1. The topological polar surface area (TPSA) is 66.0 Å². The van der Waals surface area contributed by atoms with E-state index >= 15 is 0 Å². The predicted molar refractivity (Wildman–Crippen MR) is 129 cm³/mol. The van der Waals surface area contributed by atoms with Gasteiger partial charge in [0.2, 0.25) is 5.91 Å². The summed E-state index contributed by atoms with van der Waals surface area (Å²) >= 11 is 0. The number of amides is 2. The lowest BCUT2D eigenvalue weighted by Gasteiger charge is -2.34. The third-order valence-corrected chi connectivity index (χ3v) is 5.25. The second kappa shape index (κ2) is 11.7. The van der Waals surface area contributed by atoms with Gasteiger partial charge < -0.3 is 19.4 Å². The van der Waals surface area contributed by atoms with Crippen LogP contribution in [0.15, 0.2) is 79.0 Å². The molecule has 33 heavy (non-hydrogen) atoms. The van der Waals surface area contributed by atoms with Crippen molar-refractivity contribution in [2.24, 2.45) is 0 Å². The maximum atomic E-state index is 12.6. The number of anilines is 1. The first-order valence-corrected chi connectivity index (χ1v) is 10.8. The molecule has 2 aromatic carbocycles. The minimum absolute atomic E-state index is 0.0266. The van der Waals surface area contributed by atoms with Crippen molar-refractivity contribution in [1.82, 2.24) is 14.8 Å². The van der Waals surface area contributed by atoms with E-state index in [4.69, 9.17) is 4.74 Å². The molecular formula is C26H30N4O3. The third kappa shape index (κ3) is 6.80. The average molecular weight is 447 g/mol. The van der Waals surface area contributed by atoms with E-state index in [-0.39, 0.29) is 18.4 Å². The molecular weight excluding hydrogens is 416 g/mol. The number of nitrogens with zero attached hydrogens (tertiary/aromatic N) is 4. The molecule has 7 nitrogen and oxygen atoms in total. The zero-order valence-corrected chi connectivity index (χ0v) is 19.3. The normalized spacial score (nSPS) is 13.1. The van der Waals surface area contributed by atoms with Crippen molar-refractivity contribution in [2.45, 2.75) is 6.54 Å². The van der Waals surface area contributed by atoms with Gasteiger partial charge in [-0.25, -0.2) is 4.98 Å². The highest BCUT2D eigenvalue weighted by molar-refractivity contribution is 5.97. The fourth-order valence-electron chi connectivity index (χ4n) is 3.37. The van der Waals surface area contributed by atoms with Gasteiger partial charge >= 0.3 is 0 Å². The van der Waals surface area contributed by atoms with Crippen LogP contribution in [0.25, 0.3) is 0 Å².